The van der Waals surface area contributed by atoms with Gasteiger partial charge < -0.3 is 15.0 Å². The Bertz CT molecular complexity index is 546. The van der Waals surface area contributed by atoms with Crippen molar-refractivity contribution < 1.29 is 19.2 Å². The summed E-state index contributed by atoms with van der Waals surface area (Å²) in [7, 11) is 0. The molecule has 0 radical (unpaired) electrons. The minimum atomic E-state index is -0.606. The zero-order valence-electron chi connectivity index (χ0n) is 10.6. The molecule has 0 saturated carbocycles. The van der Waals surface area contributed by atoms with Gasteiger partial charge in [0.15, 0.2) is 5.75 Å². The number of amides is 2. The molecule has 1 heterocycles. The van der Waals surface area contributed by atoms with E-state index in [0.29, 0.717) is 25.9 Å². The van der Waals surface area contributed by atoms with Crippen LogP contribution in [0.3, 0.4) is 0 Å². The number of benzene rings is 1. The highest BCUT2D eigenvalue weighted by Crippen LogP contribution is 2.27. The summed E-state index contributed by atoms with van der Waals surface area (Å²) in [6.45, 7) is 1.68. The summed E-state index contributed by atoms with van der Waals surface area (Å²) in [6, 6.07) is 3.81. The molecule has 1 aliphatic heterocycles. The van der Waals surface area contributed by atoms with Crippen LogP contribution in [0.15, 0.2) is 18.2 Å². The van der Waals surface area contributed by atoms with Crippen molar-refractivity contribution in [3.8, 4) is 5.75 Å². The third kappa shape index (κ3) is 3.02. The van der Waals surface area contributed by atoms with E-state index in [-0.39, 0.29) is 29.6 Å². The van der Waals surface area contributed by atoms with Gasteiger partial charge in [-0.15, -0.1) is 0 Å². The summed E-state index contributed by atoms with van der Waals surface area (Å²) in [5.41, 5.74) is -0.0524. The number of rotatable bonds is 6. The Morgan fingerprint density at radius 3 is 2.90 bits per heavy atom. The fourth-order valence-corrected chi connectivity index (χ4v) is 1.86. The molecule has 106 valence electrons. The molecular weight excluding hydrogens is 266 g/mol. The van der Waals surface area contributed by atoms with E-state index in [4.69, 9.17) is 4.74 Å². The number of urea groups is 1. The van der Waals surface area contributed by atoms with E-state index < -0.39 is 4.92 Å². The molecule has 0 aliphatic carbocycles. The van der Waals surface area contributed by atoms with Gasteiger partial charge in [0.25, 0.3) is 0 Å². The fraction of sp³-hybridized carbons (Fsp3) is 0.333. The Morgan fingerprint density at radius 1 is 1.50 bits per heavy atom. The lowest BCUT2D eigenvalue weighted by Crippen LogP contribution is -2.31. The van der Waals surface area contributed by atoms with Crippen LogP contribution >= 0.6 is 0 Å². The molecule has 1 aromatic rings. The van der Waals surface area contributed by atoms with E-state index in [9.17, 15) is 19.7 Å². The molecule has 0 atom stereocenters. The molecule has 8 heteroatoms. The molecule has 20 heavy (non-hydrogen) atoms. The normalized spacial score (nSPS) is 14.0. The molecule has 8 nitrogen and oxygen atoms in total. The molecule has 2 amide bonds. The van der Waals surface area contributed by atoms with E-state index in [0.717, 1.165) is 6.07 Å². The highest BCUT2D eigenvalue weighted by molar-refractivity contribution is 5.77. The van der Waals surface area contributed by atoms with Crippen LogP contribution in [0.4, 0.5) is 10.5 Å². The molecule has 1 aromatic carbocycles. The first-order valence-electron chi connectivity index (χ1n) is 6.01. The van der Waals surface area contributed by atoms with Gasteiger partial charge in [-0.3, -0.25) is 14.9 Å². The summed E-state index contributed by atoms with van der Waals surface area (Å²) >= 11 is 0. The first-order valence-corrected chi connectivity index (χ1v) is 6.01. The van der Waals surface area contributed by atoms with Crippen molar-refractivity contribution in [2.24, 2.45) is 0 Å². The van der Waals surface area contributed by atoms with E-state index >= 15 is 0 Å². The van der Waals surface area contributed by atoms with Gasteiger partial charge in [0.1, 0.15) is 12.9 Å². The van der Waals surface area contributed by atoms with Crippen LogP contribution in [0.5, 0.6) is 5.75 Å². The number of hydrogen-bond donors (Lipinski definition) is 1. The van der Waals surface area contributed by atoms with Gasteiger partial charge in [-0.05, 0) is 12.1 Å². The lowest BCUT2D eigenvalue weighted by molar-refractivity contribution is -0.385. The lowest BCUT2D eigenvalue weighted by atomic mass is 10.2. The quantitative estimate of drug-likeness (QED) is 0.471. The molecule has 0 aromatic heterocycles. The van der Waals surface area contributed by atoms with Crippen molar-refractivity contribution in [2.75, 3.05) is 26.2 Å². The third-order valence-corrected chi connectivity index (χ3v) is 2.88. The maximum absolute atomic E-state index is 11.3. The van der Waals surface area contributed by atoms with Gasteiger partial charge in [0.05, 0.1) is 11.5 Å². The summed E-state index contributed by atoms with van der Waals surface area (Å²) in [5.74, 6) is 0.0835. The fourth-order valence-electron chi connectivity index (χ4n) is 1.86. The number of nitro benzene ring substituents is 1. The predicted molar refractivity (Wildman–Crippen MR) is 69.0 cm³/mol. The average molecular weight is 279 g/mol. The molecule has 1 saturated heterocycles. The standard InChI is InChI=1S/C12H13N3O5/c16-8-9-1-2-11(10(7-9)15(18)19)20-6-5-14-4-3-13-12(14)17/h1-2,7-8H,3-6H2,(H,13,17). The number of carbonyl (C=O) groups excluding carboxylic acids is 2. The van der Waals surface area contributed by atoms with Crippen molar-refractivity contribution in [3.05, 3.63) is 33.9 Å². The maximum Gasteiger partial charge on any atom is 0.317 e. The van der Waals surface area contributed by atoms with Crippen LogP contribution in [-0.2, 0) is 0 Å². The van der Waals surface area contributed by atoms with Crippen molar-refractivity contribution >= 4 is 18.0 Å². The first kappa shape index (κ1) is 13.8. The number of carbonyl (C=O) groups is 2. The average Bonchev–Trinajstić information content (AvgIpc) is 2.84. The summed E-state index contributed by atoms with van der Waals surface area (Å²) < 4.78 is 5.33. The molecule has 1 N–H and O–H groups in total. The molecule has 0 unspecified atom stereocenters. The third-order valence-electron chi connectivity index (χ3n) is 2.88. The van der Waals surface area contributed by atoms with E-state index in [1.54, 1.807) is 4.90 Å². The second-order valence-corrected chi connectivity index (χ2v) is 4.17. The second-order valence-electron chi connectivity index (χ2n) is 4.17. The highest BCUT2D eigenvalue weighted by atomic mass is 16.6. The number of aldehydes is 1. The number of nitro groups is 1. The zero-order chi connectivity index (χ0) is 14.5. The minimum absolute atomic E-state index is 0.0835. The van der Waals surface area contributed by atoms with Gasteiger partial charge in [-0.1, -0.05) is 0 Å². The molecular formula is C12H13N3O5. The van der Waals surface area contributed by atoms with Gasteiger partial charge in [0.2, 0.25) is 0 Å². The van der Waals surface area contributed by atoms with E-state index in [1.165, 1.54) is 12.1 Å². The van der Waals surface area contributed by atoms with E-state index in [1.807, 2.05) is 0 Å². The monoisotopic (exact) mass is 279 g/mol. The first-order chi connectivity index (χ1) is 9.61. The summed E-state index contributed by atoms with van der Waals surface area (Å²) in [5, 5.41) is 13.5. The number of hydrogen-bond acceptors (Lipinski definition) is 5. The van der Waals surface area contributed by atoms with Crippen LogP contribution in [0, 0.1) is 10.1 Å². The van der Waals surface area contributed by atoms with Crippen LogP contribution in [-0.4, -0.2) is 48.4 Å². The molecule has 0 spiro atoms. The van der Waals surface area contributed by atoms with Gasteiger partial charge in [-0.25, -0.2) is 4.79 Å². The number of nitrogens with zero attached hydrogens (tertiary/aromatic N) is 2. The summed E-state index contributed by atoms with van der Waals surface area (Å²) in [4.78, 5) is 33.7. The molecule has 1 aliphatic rings. The smallest absolute Gasteiger partial charge is 0.317 e. The molecule has 1 fully saturated rings. The SMILES string of the molecule is O=Cc1ccc(OCCN2CCNC2=O)c([N+](=O)[O-])c1. The summed E-state index contributed by atoms with van der Waals surface area (Å²) in [6.07, 6.45) is 0.533. The topological polar surface area (TPSA) is 102 Å². The number of ether oxygens (including phenoxy) is 1. The maximum atomic E-state index is 11.3. The second kappa shape index (κ2) is 6.00. The van der Waals surface area contributed by atoms with Crippen molar-refractivity contribution in [1.82, 2.24) is 10.2 Å². The Labute approximate surface area is 114 Å². The Morgan fingerprint density at radius 2 is 2.30 bits per heavy atom. The highest BCUT2D eigenvalue weighted by Gasteiger charge is 2.20. The van der Waals surface area contributed by atoms with Crippen LogP contribution in [0.25, 0.3) is 0 Å². The largest absolute Gasteiger partial charge is 0.485 e. The predicted octanol–water partition coefficient (Wildman–Crippen LogP) is 0.811. The van der Waals surface area contributed by atoms with E-state index in [2.05, 4.69) is 5.32 Å². The molecule has 0 bridgehead atoms. The van der Waals surface area contributed by atoms with Gasteiger partial charge in [0, 0.05) is 24.7 Å². The zero-order valence-corrected chi connectivity index (χ0v) is 10.6. The lowest BCUT2D eigenvalue weighted by Gasteiger charge is -2.14. The minimum Gasteiger partial charge on any atom is -0.485 e. The van der Waals surface area contributed by atoms with Crippen molar-refractivity contribution in [3.63, 3.8) is 0 Å². The van der Waals surface area contributed by atoms with Crippen molar-refractivity contribution in [2.45, 2.75) is 0 Å². The van der Waals surface area contributed by atoms with Gasteiger partial charge >= 0.3 is 11.7 Å². The van der Waals surface area contributed by atoms with Crippen LogP contribution in [0.2, 0.25) is 0 Å². The van der Waals surface area contributed by atoms with Crippen molar-refractivity contribution in [1.29, 1.82) is 0 Å². The Kier molecular flexibility index (Phi) is 4.14. The molecule has 2 rings (SSSR count). The van der Waals surface area contributed by atoms with Crippen LogP contribution in [0.1, 0.15) is 10.4 Å². The number of nitrogens with one attached hydrogen (secondary N) is 1. The Hall–Kier alpha value is -2.64. The van der Waals surface area contributed by atoms with Crippen LogP contribution < -0.4 is 10.1 Å². The Balaban J connectivity index is 1.99. The van der Waals surface area contributed by atoms with Gasteiger partial charge in [-0.2, -0.15) is 0 Å².